The van der Waals surface area contributed by atoms with Gasteiger partial charge in [0.05, 0.1) is 23.7 Å². The fraction of sp³-hybridized carbons (Fsp3) is 0.200. The number of hydrogen-bond donors (Lipinski definition) is 2. The minimum atomic E-state index is -0.694. The molecule has 4 rings (SSSR count). The Balaban J connectivity index is 1.53. The first-order valence-electron chi connectivity index (χ1n) is 11.1. The van der Waals surface area contributed by atoms with Crippen LogP contribution in [-0.2, 0) is 29.2 Å². The van der Waals surface area contributed by atoms with E-state index < -0.39 is 29.5 Å². The lowest BCUT2D eigenvalue weighted by molar-refractivity contribution is -0.121. The number of benzene rings is 2. The van der Waals surface area contributed by atoms with Crippen LogP contribution in [0.1, 0.15) is 18.6 Å². The highest BCUT2D eigenvalue weighted by Gasteiger charge is 2.16. The van der Waals surface area contributed by atoms with Gasteiger partial charge in [0, 0.05) is 23.7 Å². The standard InChI is InChI=1S/C25H22ClFN4O5/c26-16-5-10-21-20(13-16)24(34)30(11-1-4-22(32)28-14-19-3-2-12-36-19)25(35)31(21)15-23(33)29-18-8-6-17(27)7-9-18/h2-3,5-10,12-13H,1,4,11,14-15H2,(H,28,32)(H,29,33). The maximum Gasteiger partial charge on any atom is 0.331 e. The topological polar surface area (TPSA) is 115 Å². The first-order valence-corrected chi connectivity index (χ1v) is 11.5. The molecule has 0 spiro atoms. The summed E-state index contributed by atoms with van der Waals surface area (Å²) in [6.07, 6.45) is 1.79. The number of nitrogens with zero attached hydrogens (tertiary/aromatic N) is 2. The van der Waals surface area contributed by atoms with Crippen LogP contribution < -0.4 is 21.9 Å². The molecule has 4 aromatic rings. The third-order valence-electron chi connectivity index (χ3n) is 5.44. The lowest BCUT2D eigenvalue weighted by Gasteiger charge is -2.14. The van der Waals surface area contributed by atoms with Crippen molar-refractivity contribution in [1.29, 1.82) is 0 Å². The van der Waals surface area contributed by atoms with Crippen LogP contribution in [0.2, 0.25) is 5.02 Å². The van der Waals surface area contributed by atoms with E-state index in [1.165, 1.54) is 53.3 Å². The molecule has 11 heteroatoms. The highest BCUT2D eigenvalue weighted by molar-refractivity contribution is 6.31. The van der Waals surface area contributed by atoms with Gasteiger partial charge < -0.3 is 15.1 Å². The Hall–Kier alpha value is -4.18. The minimum absolute atomic E-state index is 0.0339. The Morgan fingerprint density at radius 2 is 1.78 bits per heavy atom. The number of furan rings is 1. The van der Waals surface area contributed by atoms with Crippen molar-refractivity contribution in [2.24, 2.45) is 0 Å². The van der Waals surface area contributed by atoms with Crippen molar-refractivity contribution in [3.8, 4) is 0 Å². The third-order valence-corrected chi connectivity index (χ3v) is 5.68. The van der Waals surface area contributed by atoms with Gasteiger partial charge in [-0.2, -0.15) is 0 Å². The van der Waals surface area contributed by atoms with Crippen molar-refractivity contribution in [3.63, 3.8) is 0 Å². The molecule has 2 aromatic heterocycles. The quantitative estimate of drug-likeness (QED) is 0.357. The van der Waals surface area contributed by atoms with Gasteiger partial charge in [-0.25, -0.2) is 9.18 Å². The maximum absolute atomic E-state index is 13.2. The number of fused-ring (bicyclic) bond motifs is 1. The zero-order valence-corrected chi connectivity index (χ0v) is 19.8. The summed E-state index contributed by atoms with van der Waals surface area (Å²) in [7, 11) is 0. The van der Waals surface area contributed by atoms with Gasteiger partial charge in [-0.15, -0.1) is 0 Å². The predicted octanol–water partition coefficient (Wildman–Crippen LogP) is 3.28. The highest BCUT2D eigenvalue weighted by atomic mass is 35.5. The monoisotopic (exact) mass is 512 g/mol. The highest BCUT2D eigenvalue weighted by Crippen LogP contribution is 2.16. The molecule has 186 valence electrons. The van der Waals surface area contributed by atoms with E-state index in [0.717, 1.165) is 4.57 Å². The Labute approximate surface area is 209 Å². The summed E-state index contributed by atoms with van der Waals surface area (Å²) < 4.78 is 20.5. The van der Waals surface area contributed by atoms with E-state index >= 15 is 0 Å². The van der Waals surface area contributed by atoms with E-state index in [2.05, 4.69) is 10.6 Å². The fourth-order valence-electron chi connectivity index (χ4n) is 3.71. The molecular formula is C25H22ClFN4O5. The second kappa shape index (κ2) is 11.0. The first kappa shape index (κ1) is 24.9. The molecule has 2 N–H and O–H groups in total. The first-order chi connectivity index (χ1) is 17.3. The second-order valence-corrected chi connectivity index (χ2v) is 8.44. The van der Waals surface area contributed by atoms with Crippen LogP contribution in [0.5, 0.6) is 0 Å². The van der Waals surface area contributed by atoms with Crippen molar-refractivity contribution >= 4 is 40.0 Å². The molecule has 0 aliphatic rings. The van der Waals surface area contributed by atoms with Crippen LogP contribution in [0.25, 0.3) is 10.9 Å². The van der Waals surface area contributed by atoms with Crippen LogP contribution >= 0.6 is 11.6 Å². The molecule has 2 heterocycles. The number of nitrogens with one attached hydrogen (secondary N) is 2. The molecule has 9 nitrogen and oxygen atoms in total. The van der Waals surface area contributed by atoms with E-state index in [4.69, 9.17) is 16.0 Å². The Kier molecular flexibility index (Phi) is 7.65. The van der Waals surface area contributed by atoms with Gasteiger partial charge in [-0.05, 0) is 61.0 Å². The van der Waals surface area contributed by atoms with Gasteiger partial charge in [0.25, 0.3) is 5.56 Å². The largest absolute Gasteiger partial charge is 0.467 e. The molecule has 0 unspecified atom stereocenters. The molecule has 0 aliphatic heterocycles. The Morgan fingerprint density at radius 3 is 2.50 bits per heavy atom. The minimum Gasteiger partial charge on any atom is -0.467 e. The van der Waals surface area contributed by atoms with Crippen LogP contribution in [0.15, 0.2) is 74.9 Å². The van der Waals surface area contributed by atoms with Crippen molar-refractivity contribution in [2.45, 2.75) is 32.5 Å². The number of halogens is 2. The van der Waals surface area contributed by atoms with Crippen LogP contribution in [0, 0.1) is 5.82 Å². The zero-order chi connectivity index (χ0) is 25.7. The van der Waals surface area contributed by atoms with Gasteiger partial charge >= 0.3 is 5.69 Å². The summed E-state index contributed by atoms with van der Waals surface area (Å²) in [5.41, 5.74) is -0.657. The summed E-state index contributed by atoms with van der Waals surface area (Å²) in [5.74, 6) is -0.647. The van der Waals surface area contributed by atoms with Crippen molar-refractivity contribution in [1.82, 2.24) is 14.5 Å². The number of rotatable bonds is 9. The average Bonchev–Trinajstić information content (AvgIpc) is 3.38. The molecule has 0 bridgehead atoms. The van der Waals surface area contributed by atoms with Crippen LogP contribution in [0.4, 0.5) is 10.1 Å². The van der Waals surface area contributed by atoms with Gasteiger partial charge in [0.15, 0.2) is 0 Å². The van der Waals surface area contributed by atoms with Gasteiger partial charge in [0.1, 0.15) is 18.1 Å². The number of carbonyl (C=O) groups excluding carboxylic acids is 2. The van der Waals surface area contributed by atoms with Crippen molar-refractivity contribution < 1.29 is 18.4 Å². The number of carbonyl (C=O) groups is 2. The van der Waals surface area contributed by atoms with E-state index in [0.29, 0.717) is 16.5 Å². The molecule has 0 fully saturated rings. The zero-order valence-electron chi connectivity index (χ0n) is 19.0. The number of amides is 2. The third kappa shape index (κ3) is 5.89. The van der Waals surface area contributed by atoms with Gasteiger partial charge in [-0.3, -0.25) is 23.5 Å². The summed E-state index contributed by atoms with van der Waals surface area (Å²) in [6, 6.07) is 13.1. The summed E-state index contributed by atoms with van der Waals surface area (Å²) in [4.78, 5) is 51.1. The van der Waals surface area contributed by atoms with Crippen LogP contribution in [-0.4, -0.2) is 20.9 Å². The smallest absolute Gasteiger partial charge is 0.331 e. The Bertz CT molecular complexity index is 1510. The van der Waals surface area contributed by atoms with E-state index in [9.17, 15) is 23.6 Å². The van der Waals surface area contributed by atoms with E-state index in [-0.39, 0.29) is 42.7 Å². The number of aromatic nitrogens is 2. The molecule has 0 saturated heterocycles. The Morgan fingerprint density at radius 1 is 1.00 bits per heavy atom. The average molecular weight is 513 g/mol. The van der Waals surface area contributed by atoms with Gasteiger partial charge in [-0.1, -0.05) is 11.6 Å². The molecule has 0 atom stereocenters. The van der Waals surface area contributed by atoms with Crippen molar-refractivity contribution in [3.05, 3.63) is 98.3 Å². The molecular weight excluding hydrogens is 491 g/mol. The molecule has 2 amide bonds. The molecule has 0 saturated carbocycles. The fourth-order valence-corrected chi connectivity index (χ4v) is 3.88. The summed E-state index contributed by atoms with van der Waals surface area (Å²) >= 11 is 6.08. The normalized spacial score (nSPS) is 10.9. The molecule has 2 aromatic carbocycles. The molecule has 0 radical (unpaired) electrons. The number of hydrogen-bond acceptors (Lipinski definition) is 5. The van der Waals surface area contributed by atoms with E-state index in [1.807, 2.05) is 0 Å². The number of anilines is 1. The summed E-state index contributed by atoms with van der Waals surface area (Å²) in [5, 5.41) is 5.77. The van der Waals surface area contributed by atoms with Crippen molar-refractivity contribution in [2.75, 3.05) is 5.32 Å². The second-order valence-electron chi connectivity index (χ2n) is 8.00. The summed E-state index contributed by atoms with van der Waals surface area (Å²) in [6.45, 7) is -0.192. The van der Waals surface area contributed by atoms with Gasteiger partial charge in [0.2, 0.25) is 11.8 Å². The predicted molar refractivity (Wildman–Crippen MR) is 132 cm³/mol. The van der Waals surface area contributed by atoms with Crippen LogP contribution in [0.3, 0.4) is 0 Å². The molecule has 0 aliphatic carbocycles. The maximum atomic E-state index is 13.2. The van der Waals surface area contributed by atoms with E-state index in [1.54, 1.807) is 12.1 Å². The molecule has 36 heavy (non-hydrogen) atoms. The SMILES string of the molecule is O=C(CCCn1c(=O)c2cc(Cl)ccc2n(CC(=O)Nc2ccc(F)cc2)c1=O)NCc1ccco1. The lowest BCUT2D eigenvalue weighted by atomic mass is 10.2. The lowest BCUT2D eigenvalue weighted by Crippen LogP contribution is -2.42.